The van der Waals surface area contributed by atoms with Gasteiger partial charge in [0.1, 0.15) is 5.82 Å². The molecule has 0 amide bonds. The molecule has 2 heterocycles. The highest BCUT2D eigenvalue weighted by Gasteiger charge is 2.13. The van der Waals surface area contributed by atoms with E-state index < -0.39 is 0 Å². The van der Waals surface area contributed by atoms with Gasteiger partial charge in [-0.25, -0.2) is 4.98 Å². The number of aromatic nitrogens is 3. The van der Waals surface area contributed by atoms with Gasteiger partial charge in [-0.1, -0.05) is 13.0 Å². The highest BCUT2D eigenvalue weighted by atomic mass is 15.1. The van der Waals surface area contributed by atoms with Gasteiger partial charge in [-0.15, -0.1) is 0 Å². The van der Waals surface area contributed by atoms with Crippen molar-refractivity contribution in [3.63, 3.8) is 0 Å². The molecule has 5 heteroatoms. The minimum atomic E-state index is 0.0644. The van der Waals surface area contributed by atoms with Gasteiger partial charge < -0.3 is 11.1 Å². The Morgan fingerprint density at radius 2 is 2.00 bits per heavy atom. The van der Waals surface area contributed by atoms with Gasteiger partial charge >= 0.3 is 0 Å². The van der Waals surface area contributed by atoms with E-state index >= 15 is 0 Å². The van der Waals surface area contributed by atoms with Crippen LogP contribution in [0.25, 0.3) is 0 Å². The predicted octanol–water partition coefficient (Wildman–Crippen LogP) is 2.81. The molecule has 2 aromatic heterocycles. The van der Waals surface area contributed by atoms with Crippen molar-refractivity contribution in [1.82, 2.24) is 15.0 Å². The summed E-state index contributed by atoms with van der Waals surface area (Å²) < 4.78 is 0. The van der Waals surface area contributed by atoms with Crippen LogP contribution in [0.5, 0.6) is 0 Å². The largest absolute Gasteiger partial charge is 0.368 e. The van der Waals surface area contributed by atoms with E-state index in [2.05, 4.69) is 40.2 Å². The molecular weight excluding hydrogens is 250 g/mol. The van der Waals surface area contributed by atoms with Crippen LogP contribution in [-0.4, -0.2) is 15.0 Å². The van der Waals surface area contributed by atoms with Gasteiger partial charge in [-0.3, -0.25) is 4.98 Å². The first-order valence-electron chi connectivity index (χ1n) is 6.83. The van der Waals surface area contributed by atoms with Gasteiger partial charge in [0.2, 0.25) is 5.95 Å². The summed E-state index contributed by atoms with van der Waals surface area (Å²) >= 11 is 0. The fraction of sp³-hybridized carbons (Fsp3) is 0.400. The second-order valence-corrected chi connectivity index (χ2v) is 4.97. The summed E-state index contributed by atoms with van der Waals surface area (Å²) in [7, 11) is 0. The average molecular weight is 271 g/mol. The van der Waals surface area contributed by atoms with Crippen molar-refractivity contribution in [3.8, 4) is 0 Å². The molecule has 0 unspecified atom stereocenters. The van der Waals surface area contributed by atoms with Crippen molar-refractivity contribution < 1.29 is 0 Å². The minimum absolute atomic E-state index is 0.0644. The summed E-state index contributed by atoms with van der Waals surface area (Å²) in [4.78, 5) is 13.0. The van der Waals surface area contributed by atoms with Gasteiger partial charge in [0, 0.05) is 17.5 Å². The summed E-state index contributed by atoms with van der Waals surface area (Å²) in [6.07, 6.45) is 2.73. The number of rotatable bonds is 4. The molecule has 0 aromatic carbocycles. The molecule has 0 fully saturated rings. The zero-order valence-corrected chi connectivity index (χ0v) is 12.4. The Morgan fingerprint density at radius 3 is 2.60 bits per heavy atom. The van der Waals surface area contributed by atoms with Crippen LogP contribution in [0.2, 0.25) is 0 Å². The van der Waals surface area contributed by atoms with Crippen LogP contribution in [0.4, 0.5) is 11.8 Å². The molecule has 5 nitrogen and oxygen atoms in total. The maximum atomic E-state index is 5.74. The SMILES string of the molecule is CCc1c(C)nc(N)nc1N[C@@H](C)c1ccc(C)cn1. The van der Waals surface area contributed by atoms with Gasteiger partial charge in [0.05, 0.1) is 11.7 Å². The van der Waals surface area contributed by atoms with Gasteiger partial charge in [0.25, 0.3) is 0 Å². The smallest absolute Gasteiger partial charge is 0.222 e. The lowest BCUT2D eigenvalue weighted by molar-refractivity contribution is 0.821. The lowest BCUT2D eigenvalue weighted by Gasteiger charge is -2.17. The van der Waals surface area contributed by atoms with Gasteiger partial charge in [0.15, 0.2) is 0 Å². The number of nitrogens with zero attached hydrogens (tertiary/aromatic N) is 3. The molecular formula is C15H21N5. The van der Waals surface area contributed by atoms with Crippen LogP contribution in [-0.2, 0) is 6.42 Å². The van der Waals surface area contributed by atoms with E-state index in [1.165, 1.54) is 0 Å². The van der Waals surface area contributed by atoms with E-state index in [0.29, 0.717) is 5.95 Å². The first kappa shape index (κ1) is 14.2. The van der Waals surface area contributed by atoms with Crippen LogP contribution in [0.3, 0.4) is 0 Å². The van der Waals surface area contributed by atoms with E-state index in [0.717, 1.165) is 34.8 Å². The van der Waals surface area contributed by atoms with Crippen molar-refractivity contribution in [2.75, 3.05) is 11.1 Å². The zero-order chi connectivity index (χ0) is 14.7. The molecule has 0 saturated heterocycles. The molecule has 0 radical (unpaired) electrons. The molecule has 0 saturated carbocycles. The number of pyridine rings is 1. The van der Waals surface area contributed by atoms with E-state index in [-0.39, 0.29) is 6.04 Å². The van der Waals surface area contributed by atoms with Gasteiger partial charge in [-0.05, 0) is 38.8 Å². The standard InChI is InChI=1S/C15H21N5/c1-5-12-10(3)19-15(16)20-14(12)18-11(4)13-7-6-9(2)8-17-13/h6-8,11H,5H2,1-4H3,(H3,16,18,19,20)/t11-/m0/s1. The Morgan fingerprint density at radius 1 is 1.25 bits per heavy atom. The Hall–Kier alpha value is -2.17. The van der Waals surface area contributed by atoms with Crippen LogP contribution in [0.1, 0.15) is 42.4 Å². The summed E-state index contributed by atoms with van der Waals surface area (Å²) in [5.74, 6) is 1.10. The Labute approximate surface area is 119 Å². The molecule has 106 valence electrons. The quantitative estimate of drug-likeness (QED) is 0.894. The number of nitrogens with one attached hydrogen (secondary N) is 1. The molecule has 3 N–H and O–H groups in total. The third-order valence-electron chi connectivity index (χ3n) is 3.32. The molecule has 2 aromatic rings. The first-order chi connectivity index (χ1) is 9.51. The summed E-state index contributed by atoms with van der Waals surface area (Å²) in [6, 6.07) is 4.14. The Bertz CT molecular complexity index is 592. The fourth-order valence-electron chi connectivity index (χ4n) is 2.17. The molecule has 0 bridgehead atoms. The monoisotopic (exact) mass is 271 g/mol. The fourth-order valence-corrected chi connectivity index (χ4v) is 2.17. The summed E-state index contributed by atoms with van der Waals surface area (Å²) in [5, 5.41) is 3.39. The van der Waals surface area contributed by atoms with Crippen LogP contribution in [0.15, 0.2) is 18.3 Å². The number of aryl methyl sites for hydroxylation is 2. The van der Waals surface area contributed by atoms with E-state index in [1.807, 2.05) is 26.1 Å². The molecule has 1 atom stereocenters. The highest BCUT2D eigenvalue weighted by molar-refractivity contribution is 5.50. The van der Waals surface area contributed by atoms with Crippen molar-refractivity contribution in [2.24, 2.45) is 0 Å². The molecule has 2 rings (SSSR count). The predicted molar refractivity (Wildman–Crippen MR) is 81.6 cm³/mol. The number of nitrogens with two attached hydrogens (primary N) is 1. The molecule has 20 heavy (non-hydrogen) atoms. The summed E-state index contributed by atoms with van der Waals surface area (Å²) in [5.41, 5.74) is 9.89. The molecule has 0 aliphatic rings. The van der Waals surface area contributed by atoms with Crippen molar-refractivity contribution >= 4 is 11.8 Å². The molecule has 0 aliphatic carbocycles. The number of nitrogen functional groups attached to an aromatic ring is 1. The maximum absolute atomic E-state index is 5.74. The number of hydrogen-bond acceptors (Lipinski definition) is 5. The van der Waals surface area contributed by atoms with E-state index in [4.69, 9.17) is 5.73 Å². The topological polar surface area (TPSA) is 76.7 Å². The number of anilines is 2. The second kappa shape index (κ2) is 5.86. The Kier molecular flexibility index (Phi) is 4.17. The highest BCUT2D eigenvalue weighted by Crippen LogP contribution is 2.22. The van der Waals surface area contributed by atoms with Crippen LogP contribution < -0.4 is 11.1 Å². The van der Waals surface area contributed by atoms with Gasteiger partial charge in [-0.2, -0.15) is 4.98 Å². The first-order valence-corrected chi connectivity index (χ1v) is 6.83. The van der Waals surface area contributed by atoms with E-state index in [1.54, 1.807) is 0 Å². The molecule has 0 aliphatic heterocycles. The number of hydrogen-bond donors (Lipinski definition) is 2. The van der Waals surface area contributed by atoms with Crippen LogP contribution in [0, 0.1) is 13.8 Å². The average Bonchev–Trinajstić information content (AvgIpc) is 2.39. The normalized spacial score (nSPS) is 12.2. The zero-order valence-electron chi connectivity index (χ0n) is 12.4. The van der Waals surface area contributed by atoms with Crippen molar-refractivity contribution in [3.05, 3.63) is 40.8 Å². The van der Waals surface area contributed by atoms with Crippen LogP contribution >= 0.6 is 0 Å². The van der Waals surface area contributed by atoms with Crippen molar-refractivity contribution in [1.29, 1.82) is 0 Å². The third-order valence-corrected chi connectivity index (χ3v) is 3.32. The van der Waals surface area contributed by atoms with Crippen molar-refractivity contribution in [2.45, 2.75) is 40.2 Å². The van der Waals surface area contributed by atoms with E-state index in [9.17, 15) is 0 Å². The summed E-state index contributed by atoms with van der Waals surface area (Å²) in [6.45, 7) is 8.13. The maximum Gasteiger partial charge on any atom is 0.222 e. The minimum Gasteiger partial charge on any atom is -0.368 e. The second-order valence-electron chi connectivity index (χ2n) is 4.97. The molecule has 0 spiro atoms. The Balaban J connectivity index is 2.27. The third kappa shape index (κ3) is 3.04. The lowest BCUT2D eigenvalue weighted by Crippen LogP contribution is -2.14. The lowest BCUT2D eigenvalue weighted by atomic mass is 10.1.